The summed E-state index contributed by atoms with van der Waals surface area (Å²) in [6, 6.07) is 7.02. The van der Waals surface area contributed by atoms with Crippen LogP contribution in [-0.2, 0) is 15.1 Å². The molecular formula is C15H18ClNO4. The van der Waals surface area contributed by atoms with Crippen LogP contribution >= 0.6 is 11.6 Å². The molecule has 0 saturated heterocycles. The number of rotatable bonds is 3. The number of nitrogens with zero attached hydrogens (tertiary/aromatic N) is 1. The van der Waals surface area contributed by atoms with Crippen LogP contribution in [0.15, 0.2) is 24.3 Å². The quantitative estimate of drug-likeness (QED) is 0.872. The van der Waals surface area contributed by atoms with Crippen molar-refractivity contribution in [2.45, 2.75) is 31.2 Å². The van der Waals surface area contributed by atoms with Crippen LogP contribution in [0, 0.1) is 0 Å². The Morgan fingerprint density at radius 1 is 1.43 bits per heavy atom. The van der Waals surface area contributed by atoms with E-state index in [9.17, 15) is 9.59 Å². The van der Waals surface area contributed by atoms with Gasteiger partial charge in [-0.2, -0.15) is 0 Å². The molecule has 2 rings (SSSR count). The molecular weight excluding hydrogens is 294 g/mol. The predicted molar refractivity (Wildman–Crippen MR) is 77.9 cm³/mol. The van der Waals surface area contributed by atoms with E-state index in [1.54, 1.807) is 24.3 Å². The highest BCUT2D eigenvalue weighted by Crippen LogP contribution is 2.42. The van der Waals surface area contributed by atoms with Gasteiger partial charge in [0.15, 0.2) is 12.6 Å². The van der Waals surface area contributed by atoms with E-state index in [4.69, 9.17) is 16.7 Å². The van der Waals surface area contributed by atoms with E-state index in [-0.39, 0.29) is 5.78 Å². The Balaban J connectivity index is 2.52. The number of aliphatic hydroxyl groups is 1. The summed E-state index contributed by atoms with van der Waals surface area (Å²) in [5, 5.41) is 9.22. The summed E-state index contributed by atoms with van der Waals surface area (Å²) < 4.78 is 4.64. The number of halogens is 1. The summed E-state index contributed by atoms with van der Waals surface area (Å²) in [7, 11) is 1.50. The van der Waals surface area contributed by atoms with E-state index < -0.39 is 18.4 Å². The monoisotopic (exact) mass is 311 g/mol. The molecule has 0 spiro atoms. The van der Waals surface area contributed by atoms with Crippen LogP contribution in [0.1, 0.15) is 31.2 Å². The lowest BCUT2D eigenvalue weighted by Gasteiger charge is -2.43. The molecule has 5 nitrogen and oxygen atoms in total. The van der Waals surface area contributed by atoms with Gasteiger partial charge in [-0.15, -0.1) is 0 Å². The second-order valence-corrected chi connectivity index (χ2v) is 5.48. The zero-order valence-corrected chi connectivity index (χ0v) is 12.6. The Hall–Kier alpha value is -1.59. The molecule has 0 radical (unpaired) electrons. The number of hydrogen-bond donors (Lipinski definition) is 1. The Labute approximate surface area is 128 Å². The number of likely N-dealkylation sites (N-methyl/N-ethyl adjacent to an activating group) is 1. The van der Waals surface area contributed by atoms with Gasteiger partial charge in [0, 0.05) is 24.1 Å². The number of Topliss-reactive ketones (excluding diaryl/α,β-unsaturated/α-hetero) is 1. The van der Waals surface area contributed by atoms with Crippen molar-refractivity contribution in [3.63, 3.8) is 0 Å². The van der Waals surface area contributed by atoms with Crippen molar-refractivity contribution < 1.29 is 19.4 Å². The Morgan fingerprint density at radius 3 is 2.76 bits per heavy atom. The number of carbonyl (C=O) groups excluding carboxylic acids is 2. The Morgan fingerprint density at radius 2 is 2.14 bits per heavy atom. The smallest absolute Gasteiger partial charge is 0.412 e. The molecule has 1 aliphatic carbocycles. The summed E-state index contributed by atoms with van der Waals surface area (Å²) in [6.07, 6.45) is 1.75. The van der Waals surface area contributed by atoms with Crippen molar-refractivity contribution in [2.24, 2.45) is 0 Å². The summed E-state index contributed by atoms with van der Waals surface area (Å²) >= 11 is 6.26. The fourth-order valence-electron chi connectivity index (χ4n) is 2.94. The first kappa shape index (κ1) is 15.8. The van der Waals surface area contributed by atoms with Gasteiger partial charge in [0.05, 0.1) is 0 Å². The Kier molecular flexibility index (Phi) is 4.85. The summed E-state index contributed by atoms with van der Waals surface area (Å²) in [5.41, 5.74) is -0.517. The molecule has 0 aliphatic heterocycles. The molecule has 0 heterocycles. The van der Waals surface area contributed by atoms with E-state index in [0.29, 0.717) is 23.4 Å². The highest BCUT2D eigenvalue weighted by Gasteiger charge is 2.48. The van der Waals surface area contributed by atoms with Gasteiger partial charge in [0.25, 0.3) is 0 Å². The molecule has 21 heavy (non-hydrogen) atoms. The van der Waals surface area contributed by atoms with Crippen LogP contribution in [-0.4, -0.2) is 35.7 Å². The van der Waals surface area contributed by atoms with Crippen LogP contribution < -0.4 is 0 Å². The molecule has 1 atom stereocenters. The predicted octanol–water partition coefficient (Wildman–Crippen LogP) is 2.70. The van der Waals surface area contributed by atoms with Crippen molar-refractivity contribution in [3.05, 3.63) is 34.9 Å². The first-order valence-electron chi connectivity index (χ1n) is 6.84. The lowest BCUT2D eigenvalue weighted by molar-refractivity contribution is -0.133. The van der Waals surface area contributed by atoms with E-state index >= 15 is 0 Å². The zero-order chi connectivity index (χ0) is 15.5. The average molecular weight is 312 g/mol. The summed E-state index contributed by atoms with van der Waals surface area (Å²) in [6.45, 7) is -0.726. The third-order valence-electron chi connectivity index (χ3n) is 4.01. The van der Waals surface area contributed by atoms with Crippen LogP contribution in [0.5, 0.6) is 0 Å². The number of aliphatic hydroxyl groups excluding tert-OH is 1. The van der Waals surface area contributed by atoms with Gasteiger partial charge >= 0.3 is 6.09 Å². The third-order valence-corrected chi connectivity index (χ3v) is 4.34. The van der Waals surface area contributed by atoms with Crippen molar-refractivity contribution in [2.75, 3.05) is 13.8 Å². The molecule has 1 amide bonds. The van der Waals surface area contributed by atoms with Crippen LogP contribution in [0.25, 0.3) is 0 Å². The van der Waals surface area contributed by atoms with E-state index in [0.717, 1.165) is 12.8 Å². The maximum absolute atomic E-state index is 12.6. The van der Waals surface area contributed by atoms with E-state index in [1.807, 2.05) is 0 Å². The number of ketones is 1. The maximum atomic E-state index is 12.6. The zero-order valence-electron chi connectivity index (χ0n) is 11.8. The molecule has 1 aromatic rings. The van der Waals surface area contributed by atoms with Crippen molar-refractivity contribution >= 4 is 23.5 Å². The Bertz CT molecular complexity index is 548. The van der Waals surface area contributed by atoms with Gasteiger partial charge in [-0.25, -0.2) is 4.79 Å². The number of amides is 1. The van der Waals surface area contributed by atoms with Crippen LogP contribution in [0.4, 0.5) is 4.79 Å². The minimum atomic E-state index is -1.12. The molecule has 1 fully saturated rings. The molecule has 0 unspecified atom stereocenters. The van der Waals surface area contributed by atoms with Gasteiger partial charge in [-0.3, -0.25) is 9.69 Å². The third kappa shape index (κ3) is 2.76. The van der Waals surface area contributed by atoms with Gasteiger partial charge in [0.1, 0.15) is 5.54 Å². The van der Waals surface area contributed by atoms with E-state index in [1.165, 1.54) is 11.9 Å². The lowest BCUT2D eigenvalue weighted by Crippen LogP contribution is -2.54. The van der Waals surface area contributed by atoms with Crippen molar-refractivity contribution in [3.8, 4) is 0 Å². The van der Waals surface area contributed by atoms with Gasteiger partial charge in [-0.1, -0.05) is 29.8 Å². The van der Waals surface area contributed by atoms with Gasteiger partial charge in [0.2, 0.25) is 0 Å². The van der Waals surface area contributed by atoms with Crippen LogP contribution in [0.2, 0.25) is 5.02 Å². The topological polar surface area (TPSA) is 66.8 Å². The second kappa shape index (κ2) is 6.45. The maximum Gasteiger partial charge on any atom is 0.412 e. The van der Waals surface area contributed by atoms with Crippen molar-refractivity contribution in [1.82, 2.24) is 4.90 Å². The molecule has 0 aromatic heterocycles. The molecule has 1 aromatic carbocycles. The number of ether oxygens (including phenoxy) is 1. The van der Waals surface area contributed by atoms with Crippen molar-refractivity contribution in [1.29, 1.82) is 0 Å². The van der Waals surface area contributed by atoms with E-state index in [2.05, 4.69) is 4.74 Å². The summed E-state index contributed by atoms with van der Waals surface area (Å²) in [4.78, 5) is 25.9. The molecule has 1 saturated carbocycles. The molecule has 1 N–H and O–H groups in total. The minimum absolute atomic E-state index is 0.0563. The molecule has 114 valence electrons. The fourth-order valence-corrected chi connectivity index (χ4v) is 3.23. The largest absolute Gasteiger partial charge is 0.422 e. The average Bonchev–Trinajstić information content (AvgIpc) is 2.48. The first-order valence-corrected chi connectivity index (χ1v) is 7.21. The SMILES string of the molecule is CN(C(=O)OCO)[C@]1(c2ccccc2Cl)CCCCC1=O. The molecule has 6 heteroatoms. The minimum Gasteiger partial charge on any atom is -0.422 e. The number of benzene rings is 1. The highest BCUT2D eigenvalue weighted by atomic mass is 35.5. The van der Waals surface area contributed by atoms with Gasteiger partial charge in [-0.05, 0) is 25.3 Å². The highest BCUT2D eigenvalue weighted by molar-refractivity contribution is 6.31. The lowest BCUT2D eigenvalue weighted by atomic mass is 9.74. The van der Waals surface area contributed by atoms with Gasteiger partial charge < -0.3 is 9.84 Å². The normalized spacial score (nSPS) is 22.0. The fraction of sp³-hybridized carbons (Fsp3) is 0.467. The molecule has 0 bridgehead atoms. The number of hydrogen-bond acceptors (Lipinski definition) is 4. The first-order chi connectivity index (χ1) is 10.0. The van der Waals surface area contributed by atoms with Crippen LogP contribution in [0.3, 0.4) is 0 Å². The standard InChI is InChI=1S/C15H18ClNO4/c1-17(14(20)21-10-18)15(9-5-4-8-13(15)19)11-6-2-3-7-12(11)16/h2-3,6-7,18H,4-5,8-10H2,1H3/t15-/m0/s1. The molecule has 1 aliphatic rings. The number of carbonyl (C=O) groups is 2. The summed E-state index contributed by atoms with van der Waals surface area (Å²) in [5.74, 6) is -0.0563. The second-order valence-electron chi connectivity index (χ2n) is 5.07.